The number of carbonyl (C=O) groups is 1. The Balaban J connectivity index is 3.29. The van der Waals surface area contributed by atoms with Crippen LogP contribution in [0.15, 0.2) is 24.3 Å². The highest BCUT2D eigenvalue weighted by Gasteiger charge is 2.39. The fraction of sp³-hybridized carbons (Fsp3) is 0.462. The first kappa shape index (κ1) is 14.0. The molecule has 0 aliphatic heterocycles. The van der Waals surface area contributed by atoms with Crippen molar-refractivity contribution in [3.63, 3.8) is 0 Å². The molecule has 1 N–H and O–H groups in total. The smallest absolute Gasteiger partial charge is 0.328 e. The Hall–Kier alpha value is -1.06. The summed E-state index contributed by atoms with van der Waals surface area (Å²) in [6.45, 7) is 6.97. The SMILES string of the molecule is CCN(CC)[C@@](C)(C(=O)O)c1cccc(Cl)c1. The van der Waals surface area contributed by atoms with Crippen LogP contribution in [0.3, 0.4) is 0 Å². The van der Waals surface area contributed by atoms with Crippen LogP contribution in [0.4, 0.5) is 0 Å². The average molecular weight is 256 g/mol. The van der Waals surface area contributed by atoms with Crippen LogP contribution in [0.1, 0.15) is 26.3 Å². The zero-order valence-electron chi connectivity index (χ0n) is 10.4. The van der Waals surface area contributed by atoms with E-state index in [4.69, 9.17) is 11.6 Å². The molecule has 0 aliphatic carbocycles. The van der Waals surface area contributed by atoms with Gasteiger partial charge in [-0.15, -0.1) is 0 Å². The van der Waals surface area contributed by atoms with Crippen molar-refractivity contribution < 1.29 is 9.90 Å². The highest BCUT2D eigenvalue weighted by molar-refractivity contribution is 6.30. The molecule has 0 saturated carbocycles. The van der Waals surface area contributed by atoms with E-state index in [0.717, 1.165) is 0 Å². The summed E-state index contributed by atoms with van der Waals surface area (Å²) in [4.78, 5) is 13.5. The van der Waals surface area contributed by atoms with E-state index in [1.54, 1.807) is 31.2 Å². The van der Waals surface area contributed by atoms with Gasteiger partial charge in [-0.2, -0.15) is 0 Å². The summed E-state index contributed by atoms with van der Waals surface area (Å²) in [5.41, 5.74) is -0.324. The minimum Gasteiger partial charge on any atom is -0.480 e. The second-order valence-electron chi connectivity index (χ2n) is 4.06. The first-order valence-corrected chi connectivity index (χ1v) is 6.09. The predicted octanol–water partition coefficient (Wildman–Crippen LogP) is 2.98. The molecule has 0 heterocycles. The number of nitrogens with zero attached hydrogens (tertiary/aromatic N) is 1. The van der Waals surface area contributed by atoms with Gasteiger partial charge >= 0.3 is 5.97 Å². The molecule has 0 saturated heterocycles. The van der Waals surface area contributed by atoms with Crippen molar-refractivity contribution in [3.8, 4) is 0 Å². The fourth-order valence-corrected chi connectivity index (χ4v) is 2.28. The topological polar surface area (TPSA) is 40.5 Å². The zero-order chi connectivity index (χ0) is 13.1. The highest BCUT2D eigenvalue weighted by atomic mass is 35.5. The van der Waals surface area contributed by atoms with E-state index in [1.165, 1.54) is 0 Å². The quantitative estimate of drug-likeness (QED) is 0.879. The van der Waals surface area contributed by atoms with Crippen LogP contribution in [-0.2, 0) is 10.3 Å². The largest absolute Gasteiger partial charge is 0.480 e. The Morgan fingerprint density at radius 3 is 2.41 bits per heavy atom. The maximum Gasteiger partial charge on any atom is 0.328 e. The molecule has 94 valence electrons. The van der Waals surface area contributed by atoms with Crippen LogP contribution in [0, 0.1) is 0 Å². The lowest BCUT2D eigenvalue weighted by Gasteiger charge is -2.37. The molecule has 1 rings (SSSR count). The Bertz CT molecular complexity index is 404. The molecule has 1 atom stereocenters. The molecule has 4 heteroatoms. The van der Waals surface area contributed by atoms with Crippen LogP contribution in [0.25, 0.3) is 0 Å². The highest BCUT2D eigenvalue weighted by Crippen LogP contribution is 2.30. The van der Waals surface area contributed by atoms with E-state index in [2.05, 4.69) is 0 Å². The summed E-state index contributed by atoms with van der Waals surface area (Å²) in [7, 11) is 0. The lowest BCUT2D eigenvalue weighted by Crippen LogP contribution is -2.49. The number of hydrogen-bond acceptors (Lipinski definition) is 2. The van der Waals surface area contributed by atoms with Gasteiger partial charge in [-0.05, 0) is 37.7 Å². The maximum absolute atomic E-state index is 11.6. The molecule has 1 aromatic carbocycles. The van der Waals surface area contributed by atoms with Crippen molar-refractivity contribution in [3.05, 3.63) is 34.9 Å². The Morgan fingerprint density at radius 2 is 2.00 bits per heavy atom. The van der Waals surface area contributed by atoms with Crippen molar-refractivity contribution in [1.82, 2.24) is 4.90 Å². The lowest BCUT2D eigenvalue weighted by atomic mass is 9.90. The third-order valence-electron chi connectivity index (χ3n) is 3.20. The molecule has 0 spiro atoms. The Kier molecular flexibility index (Phi) is 4.54. The summed E-state index contributed by atoms with van der Waals surface area (Å²) in [5, 5.41) is 10.1. The molecular weight excluding hydrogens is 238 g/mol. The van der Waals surface area contributed by atoms with Gasteiger partial charge < -0.3 is 5.11 Å². The monoisotopic (exact) mass is 255 g/mol. The summed E-state index contributed by atoms with van der Waals surface area (Å²) in [6.07, 6.45) is 0. The number of rotatable bonds is 5. The molecule has 17 heavy (non-hydrogen) atoms. The fourth-order valence-electron chi connectivity index (χ4n) is 2.09. The van der Waals surface area contributed by atoms with Crippen LogP contribution in [0.5, 0.6) is 0 Å². The van der Waals surface area contributed by atoms with Crippen molar-refractivity contribution in [2.24, 2.45) is 0 Å². The minimum atomic E-state index is -1.03. The summed E-state index contributed by atoms with van der Waals surface area (Å²) in [5.74, 6) is -0.858. The van der Waals surface area contributed by atoms with E-state index in [9.17, 15) is 9.90 Å². The Morgan fingerprint density at radius 1 is 1.41 bits per heavy atom. The summed E-state index contributed by atoms with van der Waals surface area (Å²) < 4.78 is 0. The number of aliphatic carboxylic acids is 1. The van der Waals surface area contributed by atoms with Gasteiger partial charge in [-0.25, -0.2) is 4.79 Å². The van der Waals surface area contributed by atoms with Crippen molar-refractivity contribution in [1.29, 1.82) is 0 Å². The summed E-state index contributed by atoms with van der Waals surface area (Å²) >= 11 is 5.94. The number of carboxylic acids is 1. The molecule has 0 unspecified atom stereocenters. The number of hydrogen-bond donors (Lipinski definition) is 1. The summed E-state index contributed by atoms with van der Waals surface area (Å²) in [6, 6.07) is 7.05. The van der Waals surface area contributed by atoms with Crippen LogP contribution in [0.2, 0.25) is 5.02 Å². The molecule has 0 aromatic heterocycles. The van der Waals surface area contributed by atoms with Crippen molar-refractivity contribution >= 4 is 17.6 Å². The number of halogens is 1. The van der Waals surface area contributed by atoms with Crippen molar-refractivity contribution in [2.45, 2.75) is 26.3 Å². The molecule has 0 bridgehead atoms. The molecular formula is C13H18ClNO2. The van der Waals surface area contributed by atoms with Gasteiger partial charge in [0.1, 0.15) is 5.54 Å². The zero-order valence-corrected chi connectivity index (χ0v) is 11.2. The van der Waals surface area contributed by atoms with Crippen LogP contribution >= 0.6 is 11.6 Å². The van der Waals surface area contributed by atoms with E-state index in [1.807, 2.05) is 18.7 Å². The molecule has 0 amide bonds. The van der Waals surface area contributed by atoms with Gasteiger partial charge in [-0.1, -0.05) is 37.6 Å². The maximum atomic E-state index is 11.6. The first-order valence-electron chi connectivity index (χ1n) is 5.71. The average Bonchev–Trinajstić information content (AvgIpc) is 2.30. The van der Waals surface area contributed by atoms with E-state index in [-0.39, 0.29) is 0 Å². The lowest BCUT2D eigenvalue weighted by molar-refractivity contribution is -0.151. The predicted molar refractivity (Wildman–Crippen MR) is 69.4 cm³/mol. The standard InChI is InChI=1S/C13H18ClNO2/c1-4-15(5-2)13(3,12(16)17)10-7-6-8-11(14)9-10/h6-9H,4-5H2,1-3H3,(H,16,17)/t13-/m1/s1. The molecule has 1 aromatic rings. The third kappa shape index (κ3) is 2.61. The van der Waals surface area contributed by atoms with Crippen LogP contribution < -0.4 is 0 Å². The second kappa shape index (κ2) is 5.52. The first-order chi connectivity index (χ1) is 7.96. The van der Waals surface area contributed by atoms with Gasteiger partial charge in [0.2, 0.25) is 0 Å². The normalized spacial score (nSPS) is 14.6. The van der Waals surface area contributed by atoms with E-state index >= 15 is 0 Å². The van der Waals surface area contributed by atoms with Gasteiger partial charge in [0.15, 0.2) is 0 Å². The number of likely N-dealkylation sites (N-methyl/N-ethyl adjacent to an activating group) is 1. The van der Waals surface area contributed by atoms with Gasteiger partial charge in [0.05, 0.1) is 0 Å². The second-order valence-corrected chi connectivity index (χ2v) is 4.50. The van der Waals surface area contributed by atoms with E-state index in [0.29, 0.717) is 23.7 Å². The molecule has 0 aliphatic rings. The van der Waals surface area contributed by atoms with Gasteiger partial charge in [0, 0.05) is 5.02 Å². The molecule has 3 nitrogen and oxygen atoms in total. The van der Waals surface area contributed by atoms with Crippen LogP contribution in [-0.4, -0.2) is 29.1 Å². The number of benzene rings is 1. The molecule has 0 fully saturated rings. The van der Waals surface area contributed by atoms with Crippen molar-refractivity contribution in [2.75, 3.05) is 13.1 Å². The molecule has 0 radical (unpaired) electrons. The van der Waals surface area contributed by atoms with Gasteiger partial charge in [-0.3, -0.25) is 4.90 Å². The van der Waals surface area contributed by atoms with E-state index < -0.39 is 11.5 Å². The minimum absolute atomic E-state index is 0.558. The third-order valence-corrected chi connectivity index (χ3v) is 3.43. The van der Waals surface area contributed by atoms with Gasteiger partial charge in [0.25, 0.3) is 0 Å². The number of carboxylic acid groups (broad SMARTS) is 1. The Labute approximate surface area is 107 Å².